The monoisotopic (exact) mass is 442 g/mol. The normalized spacial score (nSPS) is 12.5. The van der Waals surface area contributed by atoms with Crippen LogP contribution in [0.25, 0.3) is 11.3 Å². The Morgan fingerprint density at radius 1 is 1.16 bits per heavy atom. The van der Waals surface area contributed by atoms with Crippen molar-refractivity contribution in [1.29, 1.82) is 0 Å². The zero-order chi connectivity index (χ0) is 23.1. The van der Waals surface area contributed by atoms with E-state index in [1.165, 1.54) is 31.4 Å². The molecule has 1 heterocycles. The molecule has 0 radical (unpaired) electrons. The third-order valence-corrected chi connectivity index (χ3v) is 4.64. The predicted octanol–water partition coefficient (Wildman–Crippen LogP) is 4.50. The molecule has 7 nitrogen and oxygen atoms in total. The number of carbonyl (C=O) groups is 1. The number of hydrogen-bond acceptors (Lipinski definition) is 5. The Hall–Kier alpha value is -3.59. The first-order chi connectivity index (χ1) is 15.4. The van der Waals surface area contributed by atoms with Gasteiger partial charge in [-0.25, -0.2) is 13.8 Å². The van der Waals surface area contributed by atoms with Crippen LogP contribution in [-0.2, 0) is 4.74 Å². The molecule has 2 N–H and O–H groups in total. The number of nitrogens with one attached hydrogen (secondary N) is 2. The molecule has 1 aromatic heterocycles. The van der Waals surface area contributed by atoms with E-state index in [2.05, 4.69) is 20.5 Å². The van der Waals surface area contributed by atoms with E-state index in [0.717, 1.165) is 11.6 Å². The summed E-state index contributed by atoms with van der Waals surface area (Å²) >= 11 is 0. The van der Waals surface area contributed by atoms with Gasteiger partial charge in [-0.15, -0.1) is 0 Å². The van der Waals surface area contributed by atoms with Gasteiger partial charge in [-0.1, -0.05) is 6.92 Å². The van der Waals surface area contributed by atoms with Crippen LogP contribution in [0.3, 0.4) is 0 Å². The number of amidine groups is 1. The number of aliphatic imine (C=N–C) groups is 1. The van der Waals surface area contributed by atoms with Crippen molar-refractivity contribution in [2.75, 3.05) is 20.8 Å². The second kappa shape index (κ2) is 10.6. The van der Waals surface area contributed by atoms with Gasteiger partial charge in [-0.2, -0.15) is 5.10 Å². The molecule has 0 aliphatic carbocycles. The summed E-state index contributed by atoms with van der Waals surface area (Å²) in [7, 11) is 3.00. The number of halogens is 2. The first-order valence-electron chi connectivity index (χ1n) is 9.92. The number of hydrogen-bond donors (Lipinski definition) is 2. The highest BCUT2D eigenvalue weighted by Gasteiger charge is 2.17. The minimum absolute atomic E-state index is 0.0373. The van der Waals surface area contributed by atoms with Crippen LogP contribution in [0.4, 0.5) is 14.6 Å². The summed E-state index contributed by atoms with van der Waals surface area (Å²) in [5.74, 6) is -0.699. The molecule has 0 fully saturated rings. The first-order valence-corrected chi connectivity index (χ1v) is 9.92. The molecule has 0 bridgehead atoms. The zero-order valence-electron chi connectivity index (χ0n) is 18.0. The van der Waals surface area contributed by atoms with E-state index >= 15 is 0 Å². The van der Waals surface area contributed by atoms with Gasteiger partial charge in [0.05, 0.1) is 18.4 Å². The summed E-state index contributed by atoms with van der Waals surface area (Å²) in [6.45, 7) is 2.39. The molecule has 0 aliphatic heterocycles. The fourth-order valence-corrected chi connectivity index (χ4v) is 3.09. The van der Waals surface area contributed by atoms with Crippen LogP contribution in [0.15, 0.2) is 53.5 Å². The lowest BCUT2D eigenvalue weighted by atomic mass is 10.1. The van der Waals surface area contributed by atoms with E-state index in [9.17, 15) is 13.6 Å². The Morgan fingerprint density at radius 3 is 2.56 bits per heavy atom. The summed E-state index contributed by atoms with van der Waals surface area (Å²) in [5, 5.41) is 9.67. The Morgan fingerprint density at radius 2 is 1.91 bits per heavy atom. The summed E-state index contributed by atoms with van der Waals surface area (Å²) in [6, 6.07) is 11.6. The molecule has 0 unspecified atom stereocenters. The van der Waals surface area contributed by atoms with E-state index in [1.54, 1.807) is 25.3 Å². The van der Waals surface area contributed by atoms with E-state index in [1.807, 2.05) is 6.92 Å². The van der Waals surface area contributed by atoms with Crippen molar-refractivity contribution in [3.63, 3.8) is 0 Å². The largest absolute Gasteiger partial charge is 0.497 e. The molecule has 32 heavy (non-hydrogen) atoms. The predicted molar refractivity (Wildman–Crippen MR) is 117 cm³/mol. The molecule has 168 valence electrons. The van der Waals surface area contributed by atoms with Gasteiger partial charge in [0.15, 0.2) is 5.82 Å². The number of rotatable bonds is 8. The van der Waals surface area contributed by atoms with Crippen molar-refractivity contribution in [2.24, 2.45) is 10.9 Å². The quantitative estimate of drug-likeness (QED) is 0.397. The number of methoxy groups -OCH3 is 2. The molecule has 0 aliphatic rings. The van der Waals surface area contributed by atoms with Crippen molar-refractivity contribution >= 4 is 17.6 Å². The van der Waals surface area contributed by atoms with Crippen molar-refractivity contribution < 1.29 is 23.0 Å². The van der Waals surface area contributed by atoms with Crippen LogP contribution in [0.1, 0.15) is 23.7 Å². The summed E-state index contributed by atoms with van der Waals surface area (Å²) in [6.07, 6.45) is 0.371. The maximum Gasteiger partial charge on any atom is 0.259 e. The number of carbonyl (C=O) groups excluding carboxylic acids is 1. The maximum absolute atomic E-state index is 14.3. The average molecular weight is 442 g/mol. The molecular formula is C23H24F2N4O3. The number of benzene rings is 2. The van der Waals surface area contributed by atoms with E-state index in [0.29, 0.717) is 36.1 Å². The standard InChI is InChI=1S/C23H24F2N4O3/c1-14(13-31-2)10-21(27-23(30)18-9-8-17(32-3)11-19(18)25)26-22-12-20(28-29-22)15-4-6-16(24)7-5-15/h4-9,11-12,14H,10,13H2,1-3H3,(H2,26,27,28,29,30)/t14-/m1/s1. The van der Waals surface area contributed by atoms with Crippen LogP contribution in [-0.4, -0.2) is 42.8 Å². The van der Waals surface area contributed by atoms with Crippen LogP contribution in [0.5, 0.6) is 5.75 Å². The van der Waals surface area contributed by atoms with Crippen LogP contribution < -0.4 is 10.1 Å². The molecule has 1 amide bonds. The number of ether oxygens (including phenoxy) is 2. The van der Waals surface area contributed by atoms with Gasteiger partial charge in [0.1, 0.15) is 23.2 Å². The van der Waals surface area contributed by atoms with Crippen LogP contribution >= 0.6 is 0 Å². The Balaban J connectivity index is 1.84. The van der Waals surface area contributed by atoms with Crippen molar-refractivity contribution in [3.8, 4) is 17.0 Å². The molecule has 1 atom stereocenters. The number of aromatic amines is 1. The number of H-pyrrole nitrogens is 1. The zero-order valence-corrected chi connectivity index (χ0v) is 18.0. The van der Waals surface area contributed by atoms with Gasteiger partial charge in [0.2, 0.25) is 0 Å². The lowest BCUT2D eigenvalue weighted by Crippen LogP contribution is -2.32. The fraction of sp³-hybridized carbons (Fsp3) is 0.261. The summed E-state index contributed by atoms with van der Waals surface area (Å²) in [5.41, 5.74) is 1.24. The van der Waals surface area contributed by atoms with Crippen molar-refractivity contribution in [3.05, 3.63) is 65.7 Å². The molecule has 0 spiro atoms. The minimum Gasteiger partial charge on any atom is -0.497 e. The molecule has 2 aromatic carbocycles. The van der Waals surface area contributed by atoms with E-state index in [4.69, 9.17) is 9.47 Å². The number of nitrogens with zero attached hydrogens (tertiary/aromatic N) is 2. The second-order valence-electron chi connectivity index (χ2n) is 7.27. The molecule has 9 heteroatoms. The topological polar surface area (TPSA) is 88.6 Å². The smallest absolute Gasteiger partial charge is 0.259 e. The van der Waals surface area contributed by atoms with Crippen LogP contribution in [0, 0.1) is 17.6 Å². The van der Waals surface area contributed by atoms with Gasteiger partial charge < -0.3 is 14.8 Å². The molecule has 3 aromatic rings. The minimum atomic E-state index is -0.704. The first kappa shape index (κ1) is 23.1. The summed E-state index contributed by atoms with van der Waals surface area (Å²) in [4.78, 5) is 17.1. The van der Waals surface area contributed by atoms with Crippen molar-refractivity contribution in [1.82, 2.24) is 15.5 Å². The van der Waals surface area contributed by atoms with Gasteiger partial charge >= 0.3 is 0 Å². The van der Waals surface area contributed by atoms with Crippen LogP contribution in [0.2, 0.25) is 0 Å². The number of aromatic nitrogens is 2. The van der Waals surface area contributed by atoms with Gasteiger partial charge in [-0.3, -0.25) is 9.89 Å². The van der Waals surface area contributed by atoms with Gasteiger partial charge in [-0.05, 0) is 47.9 Å². The number of amides is 1. The van der Waals surface area contributed by atoms with Gasteiger partial charge in [0.25, 0.3) is 5.91 Å². The molecular weight excluding hydrogens is 418 g/mol. The Bertz CT molecular complexity index is 1100. The molecule has 3 rings (SSSR count). The lowest BCUT2D eigenvalue weighted by Gasteiger charge is -2.14. The fourth-order valence-electron chi connectivity index (χ4n) is 3.09. The highest BCUT2D eigenvalue weighted by atomic mass is 19.1. The van der Waals surface area contributed by atoms with E-state index < -0.39 is 11.7 Å². The Labute approximate surface area is 184 Å². The highest BCUT2D eigenvalue weighted by molar-refractivity contribution is 6.07. The van der Waals surface area contributed by atoms with Gasteiger partial charge in [0, 0.05) is 32.3 Å². The average Bonchev–Trinajstić information content (AvgIpc) is 3.22. The highest BCUT2D eigenvalue weighted by Crippen LogP contribution is 2.22. The lowest BCUT2D eigenvalue weighted by molar-refractivity contribution is 0.0971. The maximum atomic E-state index is 14.3. The third kappa shape index (κ3) is 5.98. The summed E-state index contributed by atoms with van der Waals surface area (Å²) < 4.78 is 37.6. The molecule has 0 saturated carbocycles. The van der Waals surface area contributed by atoms with Crippen molar-refractivity contribution in [2.45, 2.75) is 13.3 Å². The molecule has 0 saturated heterocycles. The third-order valence-electron chi connectivity index (χ3n) is 4.64. The Kier molecular flexibility index (Phi) is 7.67. The van der Waals surface area contributed by atoms with E-state index in [-0.39, 0.29) is 17.3 Å². The second-order valence-corrected chi connectivity index (χ2v) is 7.27. The SMILES string of the molecule is COC[C@H](C)CC(=Nc1cc(-c2ccc(F)cc2)[nH]n1)NC(=O)c1ccc(OC)cc1F.